The number of aliphatic hydroxyl groups is 2. The van der Waals surface area contributed by atoms with Gasteiger partial charge in [0.1, 0.15) is 6.61 Å². The molecule has 0 aliphatic heterocycles. The summed E-state index contributed by atoms with van der Waals surface area (Å²) in [5, 5.41) is 22.8. The van der Waals surface area contributed by atoms with Crippen LogP contribution in [0.2, 0.25) is 0 Å². The highest BCUT2D eigenvalue weighted by molar-refractivity contribution is 5.98. The van der Waals surface area contributed by atoms with Crippen LogP contribution in [-0.4, -0.2) is 34.7 Å². The molecule has 3 rings (SSSR count). The van der Waals surface area contributed by atoms with Crippen molar-refractivity contribution in [3.05, 3.63) is 95.6 Å². The van der Waals surface area contributed by atoms with E-state index in [1.54, 1.807) is 0 Å². The van der Waals surface area contributed by atoms with Crippen LogP contribution < -0.4 is 5.73 Å². The SMILES string of the molecule is C/C(=N\OCc1ccc(-c2ccccc2)cc1)c1ccc(CCC(N)(CO)CO)cc1. The summed E-state index contributed by atoms with van der Waals surface area (Å²) in [5.74, 6) is 0. The van der Waals surface area contributed by atoms with Crippen molar-refractivity contribution < 1.29 is 15.1 Å². The van der Waals surface area contributed by atoms with Gasteiger partial charge >= 0.3 is 0 Å². The zero-order valence-corrected chi connectivity index (χ0v) is 17.9. The summed E-state index contributed by atoms with van der Waals surface area (Å²) in [7, 11) is 0. The molecule has 0 atom stereocenters. The van der Waals surface area contributed by atoms with E-state index in [-0.39, 0.29) is 13.2 Å². The summed E-state index contributed by atoms with van der Waals surface area (Å²) < 4.78 is 0. The molecule has 0 amide bonds. The smallest absolute Gasteiger partial charge is 0.142 e. The fourth-order valence-corrected chi connectivity index (χ4v) is 3.19. The highest BCUT2D eigenvalue weighted by Gasteiger charge is 2.22. The summed E-state index contributed by atoms with van der Waals surface area (Å²) in [5.41, 5.74) is 11.3. The quantitative estimate of drug-likeness (QED) is 0.344. The Labute approximate surface area is 183 Å². The molecule has 0 radical (unpaired) electrons. The molecule has 162 valence electrons. The lowest BCUT2D eigenvalue weighted by molar-refractivity contribution is 0.115. The molecular weight excluding hydrogens is 388 g/mol. The predicted octanol–water partition coefficient (Wildman–Crippen LogP) is 3.91. The predicted molar refractivity (Wildman–Crippen MR) is 125 cm³/mol. The molecule has 3 aromatic carbocycles. The lowest BCUT2D eigenvalue weighted by Crippen LogP contribution is -2.47. The zero-order chi connectivity index (χ0) is 22.1. The number of aliphatic hydroxyl groups excluding tert-OH is 2. The molecule has 0 aliphatic carbocycles. The van der Waals surface area contributed by atoms with Gasteiger partial charge in [0.15, 0.2) is 0 Å². The van der Waals surface area contributed by atoms with Gasteiger partial charge in [-0.3, -0.25) is 0 Å². The zero-order valence-electron chi connectivity index (χ0n) is 17.9. The van der Waals surface area contributed by atoms with Crippen LogP contribution in [0.3, 0.4) is 0 Å². The fourth-order valence-electron chi connectivity index (χ4n) is 3.19. The first-order chi connectivity index (χ1) is 15.0. The van der Waals surface area contributed by atoms with Crippen LogP contribution in [-0.2, 0) is 17.9 Å². The first-order valence-electron chi connectivity index (χ1n) is 10.4. The molecule has 0 fully saturated rings. The van der Waals surface area contributed by atoms with Crippen molar-refractivity contribution in [1.29, 1.82) is 0 Å². The monoisotopic (exact) mass is 418 g/mol. The molecule has 0 bridgehead atoms. The van der Waals surface area contributed by atoms with Crippen LogP contribution in [0, 0.1) is 0 Å². The second kappa shape index (κ2) is 10.9. The Kier molecular flexibility index (Phi) is 7.95. The molecule has 5 heteroatoms. The fraction of sp³-hybridized carbons (Fsp3) is 0.269. The van der Waals surface area contributed by atoms with Crippen molar-refractivity contribution >= 4 is 5.71 Å². The second-order valence-corrected chi connectivity index (χ2v) is 7.89. The molecule has 3 aromatic rings. The molecule has 31 heavy (non-hydrogen) atoms. The molecule has 0 aliphatic rings. The Hall–Kier alpha value is -2.99. The minimum atomic E-state index is -0.941. The number of nitrogens with two attached hydrogens (primary N) is 1. The number of aryl methyl sites for hydroxylation is 1. The molecule has 0 spiro atoms. The number of oxime groups is 1. The standard InChI is InChI=1S/C26H30N2O3/c1-20(23-11-7-21(8-12-23)15-16-26(27,18-29)19-30)28-31-17-22-9-13-25(14-10-22)24-5-3-2-4-6-24/h2-14,29-30H,15-19,27H2,1H3/b28-20+. The average molecular weight is 419 g/mol. The molecule has 4 N–H and O–H groups in total. The Balaban J connectivity index is 1.52. The van der Waals surface area contributed by atoms with Gasteiger partial charge in [-0.05, 0) is 47.6 Å². The number of benzene rings is 3. The van der Waals surface area contributed by atoms with E-state index in [1.807, 2.05) is 49.4 Å². The topological polar surface area (TPSA) is 88.1 Å². The van der Waals surface area contributed by atoms with E-state index in [9.17, 15) is 10.2 Å². The van der Waals surface area contributed by atoms with Crippen LogP contribution in [0.15, 0.2) is 84.0 Å². The first-order valence-corrected chi connectivity index (χ1v) is 10.4. The van der Waals surface area contributed by atoms with Gasteiger partial charge in [0.25, 0.3) is 0 Å². The highest BCUT2D eigenvalue weighted by atomic mass is 16.6. The first kappa shape index (κ1) is 22.7. The molecule has 0 heterocycles. The van der Waals surface area contributed by atoms with E-state index in [1.165, 1.54) is 11.1 Å². The summed E-state index contributed by atoms with van der Waals surface area (Å²) in [6.07, 6.45) is 1.20. The molecule has 0 unspecified atom stereocenters. The van der Waals surface area contributed by atoms with E-state index in [0.29, 0.717) is 19.4 Å². The maximum atomic E-state index is 9.30. The van der Waals surface area contributed by atoms with Gasteiger partial charge in [-0.25, -0.2) is 0 Å². The number of hydrogen-bond acceptors (Lipinski definition) is 5. The van der Waals surface area contributed by atoms with Crippen molar-refractivity contribution in [3.8, 4) is 11.1 Å². The lowest BCUT2D eigenvalue weighted by atomic mass is 9.93. The molecule has 0 saturated carbocycles. The Morgan fingerprint density at radius 2 is 1.42 bits per heavy atom. The molecule has 0 saturated heterocycles. The maximum Gasteiger partial charge on any atom is 0.142 e. The summed E-state index contributed by atoms with van der Waals surface area (Å²) in [6, 6.07) is 26.5. The van der Waals surface area contributed by atoms with Gasteiger partial charge in [0.2, 0.25) is 0 Å². The van der Waals surface area contributed by atoms with Gasteiger partial charge < -0.3 is 20.8 Å². The highest BCUT2D eigenvalue weighted by Crippen LogP contribution is 2.19. The largest absolute Gasteiger partial charge is 0.394 e. The van der Waals surface area contributed by atoms with Crippen LogP contribution in [0.25, 0.3) is 11.1 Å². The van der Waals surface area contributed by atoms with E-state index in [2.05, 4.69) is 41.6 Å². The summed E-state index contributed by atoms with van der Waals surface area (Å²) >= 11 is 0. The van der Waals surface area contributed by atoms with Gasteiger partial charge in [-0.2, -0.15) is 0 Å². The summed E-state index contributed by atoms with van der Waals surface area (Å²) in [6.45, 7) is 1.85. The second-order valence-electron chi connectivity index (χ2n) is 7.89. The van der Waals surface area contributed by atoms with Crippen molar-refractivity contribution in [3.63, 3.8) is 0 Å². The van der Waals surface area contributed by atoms with E-state index < -0.39 is 5.54 Å². The van der Waals surface area contributed by atoms with Gasteiger partial charge in [0, 0.05) is 0 Å². The lowest BCUT2D eigenvalue weighted by Gasteiger charge is -2.24. The van der Waals surface area contributed by atoms with E-state index in [4.69, 9.17) is 10.6 Å². The molecule has 5 nitrogen and oxygen atoms in total. The number of nitrogens with zero attached hydrogens (tertiary/aromatic N) is 1. The van der Waals surface area contributed by atoms with Crippen molar-refractivity contribution in [2.45, 2.75) is 31.9 Å². The Bertz CT molecular complexity index is 964. The Morgan fingerprint density at radius 3 is 2.03 bits per heavy atom. The molecular formula is C26H30N2O3. The van der Waals surface area contributed by atoms with Crippen molar-refractivity contribution in [1.82, 2.24) is 0 Å². The van der Waals surface area contributed by atoms with E-state index >= 15 is 0 Å². The van der Waals surface area contributed by atoms with Crippen molar-refractivity contribution in [2.75, 3.05) is 13.2 Å². The van der Waals surface area contributed by atoms with Crippen LogP contribution in [0.5, 0.6) is 0 Å². The summed E-state index contributed by atoms with van der Waals surface area (Å²) in [4.78, 5) is 5.55. The van der Waals surface area contributed by atoms with Gasteiger partial charge in [-0.1, -0.05) is 84.0 Å². The van der Waals surface area contributed by atoms with Gasteiger partial charge in [-0.15, -0.1) is 0 Å². The number of rotatable bonds is 10. The van der Waals surface area contributed by atoms with Crippen LogP contribution in [0.1, 0.15) is 30.0 Å². The number of hydrogen-bond donors (Lipinski definition) is 3. The molecule has 0 aromatic heterocycles. The minimum Gasteiger partial charge on any atom is -0.394 e. The minimum absolute atomic E-state index is 0.236. The third-order valence-corrected chi connectivity index (χ3v) is 5.41. The van der Waals surface area contributed by atoms with Crippen molar-refractivity contribution in [2.24, 2.45) is 10.9 Å². The van der Waals surface area contributed by atoms with E-state index in [0.717, 1.165) is 22.4 Å². The third kappa shape index (κ3) is 6.49. The third-order valence-electron chi connectivity index (χ3n) is 5.41. The Morgan fingerprint density at radius 1 is 0.839 bits per heavy atom. The van der Waals surface area contributed by atoms with Gasteiger partial charge in [0.05, 0.1) is 24.5 Å². The average Bonchev–Trinajstić information content (AvgIpc) is 2.84. The van der Waals surface area contributed by atoms with Crippen LogP contribution >= 0.6 is 0 Å². The van der Waals surface area contributed by atoms with Crippen LogP contribution in [0.4, 0.5) is 0 Å². The normalized spacial score (nSPS) is 12.1. The maximum absolute atomic E-state index is 9.30.